The summed E-state index contributed by atoms with van der Waals surface area (Å²) < 4.78 is 6.37. The molecule has 2 aromatic carbocycles. The molecule has 0 radical (unpaired) electrons. The molecule has 4 heteroatoms. The lowest BCUT2D eigenvalue weighted by molar-refractivity contribution is -0.118. The number of hydrogen-bond acceptors (Lipinski definition) is 3. The SMILES string of the molecule is C/C=C\C(NC(C)=O)=C(/C)c1ccc2c(c1)Oc1ccccc1C2C1CCNCC1. The molecule has 0 aromatic heterocycles. The van der Waals surface area contributed by atoms with Gasteiger partial charge in [-0.25, -0.2) is 0 Å². The number of amides is 1. The average molecular weight is 403 g/mol. The van der Waals surface area contributed by atoms with Crippen LogP contribution >= 0.6 is 0 Å². The number of para-hydroxylation sites is 1. The second-order valence-electron chi connectivity index (χ2n) is 8.18. The lowest BCUT2D eigenvalue weighted by Crippen LogP contribution is -2.32. The lowest BCUT2D eigenvalue weighted by atomic mass is 9.74. The largest absolute Gasteiger partial charge is 0.457 e. The number of carbonyl (C=O) groups is 1. The maximum atomic E-state index is 11.6. The fraction of sp³-hybridized carbons (Fsp3) is 0.346. The minimum Gasteiger partial charge on any atom is -0.457 e. The minimum absolute atomic E-state index is 0.0726. The van der Waals surface area contributed by atoms with Crippen LogP contribution in [0.4, 0.5) is 0 Å². The summed E-state index contributed by atoms with van der Waals surface area (Å²) >= 11 is 0. The fourth-order valence-corrected chi connectivity index (χ4v) is 4.69. The molecule has 156 valence electrons. The predicted molar refractivity (Wildman–Crippen MR) is 122 cm³/mol. The van der Waals surface area contributed by atoms with Gasteiger partial charge in [0.25, 0.3) is 0 Å². The van der Waals surface area contributed by atoms with Gasteiger partial charge in [-0.05, 0) is 75.0 Å². The van der Waals surface area contributed by atoms with E-state index < -0.39 is 0 Å². The Kier molecular flexibility index (Phi) is 6.05. The van der Waals surface area contributed by atoms with Crippen LogP contribution in [0.2, 0.25) is 0 Å². The van der Waals surface area contributed by atoms with Crippen molar-refractivity contribution in [1.29, 1.82) is 0 Å². The van der Waals surface area contributed by atoms with Gasteiger partial charge in [-0.2, -0.15) is 0 Å². The Labute approximate surface area is 179 Å². The van der Waals surface area contributed by atoms with Crippen LogP contribution in [0, 0.1) is 5.92 Å². The van der Waals surface area contributed by atoms with Crippen LogP contribution in [0.5, 0.6) is 11.5 Å². The lowest BCUT2D eigenvalue weighted by Gasteiger charge is -2.36. The molecule has 0 saturated carbocycles. The molecule has 1 atom stereocenters. The van der Waals surface area contributed by atoms with Gasteiger partial charge >= 0.3 is 0 Å². The monoisotopic (exact) mass is 402 g/mol. The summed E-state index contributed by atoms with van der Waals surface area (Å²) in [4.78, 5) is 11.6. The summed E-state index contributed by atoms with van der Waals surface area (Å²) in [5.74, 6) is 2.78. The van der Waals surface area contributed by atoms with Crippen molar-refractivity contribution in [2.45, 2.75) is 39.5 Å². The van der Waals surface area contributed by atoms with Crippen molar-refractivity contribution in [3.63, 3.8) is 0 Å². The van der Waals surface area contributed by atoms with Crippen molar-refractivity contribution >= 4 is 11.5 Å². The Balaban J connectivity index is 1.77. The quantitative estimate of drug-likeness (QED) is 0.676. The number of carbonyl (C=O) groups excluding carboxylic acids is 1. The zero-order valence-corrected chi connectivity index (χ0v) is 18.0. The van der Waals surface area contributed by atoms with E-state index in [0.717, 1.165) is 41.4 Å². The van der Waals surface area contributed by atoms with Gasteiger partial charge in [0.15, 0.2) is 0 Å². The van der Waals surface area contributed by atoms with Gasteiger partial charge in [0.1, 0.15) is 11.5 Å². The number of ether oxygens (including phenoxy) is 1. The summed E-state index contributed by atoms with van der Waals surface area (Å²) in [6.07, 6.45) is 6.22. The van der Waals surface area contributed by atoms with E-state index in [2.05, 4.69) is 47.0 Å². The van der Waals surface area contributed by atoms with Crippen molar-refractivity contribution in [2.75, 3.05) is 13.1 Å². The second-order valence-corrected chi connectivity index (χ2v) is 8.18. The molecule has 4 rings (SSSR count). The first-order chi connectivity index (χ1) is 14.6. The van der Waals surface area contributed by atoms with Crippen LogP contribution in [-0.4, -0.2) is 19.0 Å². The smallest absolute Gasteiger partial charge is 0.221 e. The maximum Gasteiger partial charge on any atom is 0.221 e. The van der Waals surface area contributed by atoms with Gasteiger partial charge in [0.05, 0.1) is 0 Å². The molecule has 30 heavy (non-hydrogen) atoms. The fourth-order valence-electron chi connectivity index (χ4n) is 4.69. The summed E-state index contributed by atoms with van der Waals surface area (Å²) in [6.45, 7) is 7.67. The van der Waals surface area contributed by atoms with Crippen LogP contribution in [0.1, 0.15) is 56.2 Å². The molecule has 1 amide bonds. The Hall–Kier alpha value is -2.85. The topological polar surface area (TPSA) is 50.4 Å². The summed E-state index contributed by atoms with van der Waals surface area (Å²) in [5, 5.41) is 6.43. The van der Waals surface area contributed by atoms with E-state index in [1.165, 1.54) is 30.9 Å². The first kappa shape index (κ1) is 20.4. The third-order valence-electron chi connectivity index (χ3n) is 6.16. The first-order valence-corrected chi connectivity index (χ1v) is 10.8. The van der Waals surface area contributed by atoms with Crippen molar-refractivity contribution in [2.24, 2.45) is 5.92 Å². The Bertz CT molecular complexity index is 1000. The molecule has 4 nitrogen and oxygen atoms in total. The maximum absolute atomic E-state index is 11.6. The predicted octanol–water partition coefficient (Wildman–Crippen LogP) is 5.37. The molecule has 1 unspecified atom stereocenters. The summed E-state index contributed by atoms with van der Waals surface area (Å²) in [7, 11) is 0. The summed E-state index contributed by atoms with van der Waals surface area (Å²) in [5.41, 5.74) is 5.45. The van der Waals surface area contributed by atoms with Crippen LogP contribution < -0.4 is 15.4 Å². The highest BCUT2D eigenvalue weighted by Crippen LogP contribution is 2.49. The highest BCUT2D eigenvalue weighted by molar-refractivity contribution is 5.80. The Morgan fingerprint density at radius 2 is 1.80 bits per heavy atom. The van der Waals surface area contributed by atoms with E-state index in [1.54, 1.807) is 0 Å². The van der Waals surface area contributed by atoms with Gasteiger partial charge in [0.2, 0.25) is 5.91 Å². The normalized spacial score (nSPS) is 19.5. The van der Waals surface area contributed by atoms with Crippen molar-refractivity contribution in [3.8, 4) is 11.5 Å². The number of benzene rings is 2. The molecule has 2 N–H and O–H groups in total. The molecular formula is C26H30N2O2. The van der Waals surface area contributed by atoms with Crippen molar-refractivity contribution in [1.82, 2.24) is 10.6 Å². The molecule has 2 aromatic rings. The van der Waals surface area contributed by atoms with Gasteiger partial charge < -0.3 is 15.4 Å². The zero-order chi connectivity index (χ0) is 21.1. The van der Waals surface area contributed by atoms with Crippen LogP contribution in [0.25, 0.3) is 5.57 Å². The average Bonchev–Trinajstić information content (AvgIpc) is 2.76. The van der Waals surface area contributed by atoms with Crippen LogP contribution in [0.3, 0.4) is 0 Å². The number of nitrogens with one attached hydrogen (secondary N) is 2. The molecule has 0 bridgehead atoms. The molecule has 0 aliphatic carbocycles. The number of rotatable bonds is 4. The van der Waals surface area contributed by atoms with Gasteiger partial charge in [-0.1, -0.05) is 36.4 Å². The molecule has 2 heterocycles. The minimum atomic E-state index is -0.0726. The van der Waals surface area contributed by atoms with E-state index in [9.17, 15) is 4.79 Å². The van der Waals surface area contributed by atoms with Gasteiger partial charge in [-0.15, -0.1) is 0 Å². The molecule has 1 fully saturated rings. The molecular weight excluding hydrogens is 372 g/mol. The van der Waals surface area contributed by atoms with E-state index in [0.29, 0.717) is 11.8 Å². The van der Waals surface area contributed by atoms with Gasteiger partial charge in [-0.3, -0.25) is 4.79 Å². The number of fused-ring (bicyclic) bond motifs is 2. The van der Waals surface area contributed by atoms with E-state index in [1.807, 2.05) is 32.1 Å². The number of piperidine rings is 1. The molecule has 0 spiro atoms. The van der Waals surface area contributed by atoms with Crippen molar-refractivity contribution < 1.29 is 9.53 Å². The summed E-state index contributed by atoms with van der Waals surface area (Å²) in [6, 6.07) is 14.9. The Morgan fingerprint density at radius 3 is 2.53 bits per heavy atom. The Morgan fingerprint density at radius 1 is 1.07 bits per heavy atom. The van der Waals surface area contributed by atoms with Crippen LogP contribution in [0.15, 0.2) is 60.3 Å². The highest BCUT2D eigenvalue weighted by Gasteiger charge is 2.34. The molecule has 1 saturated heterocycles. The second kappa shape index (κ2) is 8.88. The standard InChI is InChI=1S/C26H30N2O2/c1-4-7-23(28-18(3)29)17(2)20-10-11-22-25(16-20)30-24-9-6-5-8-21(24)26(22)19-12-14-27-15-13-19/h4-11,16,19,26-27H,12-15H2,1-3H3,(H,28,29)/b7-4-,23-17-. The first-order valence-electron chi connectivity index (χ1n) is 10.8. The van der Waals surface area contributed by atoms with E-state index >= 15 is 0 Å². The van der Waals surface area contributed by atoms with E-state index in [4.69, 9.17) is 4.74 Å². The number of hydrogen-bond donors (Lipinski definition) is 2. The van der Waals surface area contributed by atoms with Gasteiger partial charge in [0, 0.05) is 29.7 Å². The van der Waals surface area contributed by atoms with Crippen molar-refractivity contribution in [3.05, 3.63) is 77.0 Å². The molecule has 2 aliphatic rings. The zero-order valence-electron chi connectivity index (χ0n) is 18.0. The van der Waals surface area contributed by atoms with Crippen LogP contribution in [-0.2, 0) is 4.79 Å². The highest BCUT2D eigenvalue weighted by atomic mass is 16.5. The van der Waals surface area contributed by atoms with E-state index in [-0.39, 0.29) is 5.91 Å². The molecule has 2 aliphatic heterocycles. The third-order valence-corrected chi connectivity index (χ3v) is 6.16. The number of allylic oxidation sites excluding steroid dienone is 3. The third kappa shape index (κ3) is 4.05.